The van der Waals surface area contributed by atoms with Crippen molar-refractivity contribution in [2.75, 3.05) is 9.96 Å². The van der Waals surface area contributed by atoms with Gasteiger partial charge in [-0.2, -0.15) is 0 Å². The Bertz CT molecular complexity index is 1290. The molecule has 2 amide bonds. The Labute approximate surface area is 198 Å². The van der Waals surface area contributed by atoms with Crippen LogP contribution in [-0.2, 0) is 14.4 Å². The van der Waals surface area contributed by atoms with E-state index >= 15 is 0 Å². The van der Waals surface area contributed by atoms with Crippen molar-refractivity contribution in [2.24, 2.45) is 5.92 Å². The molecule has 0 radical (unpaired) electrons. The minimum atomic E-state index is -1.17. The molecule has 2 fully saturated rings. The van der Waals surface area contributed by atoms with E-state index in [1.165, 1.54) is 29.3 Å². The van der Waals surface area contributed by atoms with Crippen LogP contribution < -0.4 is 9.96 Å². The highest BCUT2D eigenvalue weighted by molar-refractivity contribution is 6.35. The van der Waals surface area contributed by atoms with Gasteiger partial charge in [0, 0.05) is 16.1 Å². The number of hydrogen-bond donors (Lipinski definition) is 0. The number of rotatable bonds is 4. The number of nitro groups is 1. The maximum absolute atomic E-state index is 13.6. The van der Waals surface area contributed by atoms with Crippen molar-refractivity contribution in [3.05, 3.63) is 98.5 Å². The van der Waals surface area contributed by atoms with Gasteiger partial charge in [0.2, 0.25) is 5.91 Å². The molecule has 3 unspecified atom stereocenters. The van der Waals surface area contributed by atoms with Gasteiger partial charge in [-0.05, 0) is 35.9 Å². The number of nitro benzene ring substituents is 1. The summed E-state index contributed by atoms with van der Waals surface area (Å²) >= 11 is 12.6. The molecule has 166 valence electrons. The summed E-state index contributed by atoms with van der Waals surface area (Å²) in [4.78, 5) is 44.7. The van der Waals surface area contributed by atoms with Crippen molar-refractivity contribution in [3.8, 4) is 0 Å². The van der Waals surface area contributed by atoms with Crippen LogP contribution in [0.25, 0.3) is 0 Å². The first kappa shape index (κ1) is 21.4. The molecule has 0 spiro atoms. The molecule has 10 heteroatoms. The zero-order chi connectivity index (χ0) is 23.3. The first-order valence-corrected chi connectivity index (χ1v) is 10.7. The van der Waals surface area contributed by atoms with Crippen molar-refractivity contribution < 1.29 is 19.3 Å². The lowest BCUT2D eigenvalue weighted by Crippen LogP contribution is -2.37. The third-order valence-corrected chi connectivity index (χ3v) is 6.29. The van der Waals surface area contributed by atoms with Crippen LogP contribution in [0.1, 0.15) is 11.6 Å². The fourth-order valence-electron chi connectivity index (χ4n) is 4.32. The average Bonchev–Trinajstić information content (AvgIpc) is 3.30. The van der Waals surface area contributed by atoms with Gasteiger partial charge < -0.3 is 0 Å². The molecule has 2 aliphatic heterocycles. The molecule has 2 heterocycles. The van der Waals surface area contributed by atoms with Crippen LogP contribution in [-0.4, -0.2) is 22.8 Å². The number of fused-ring (bicyclic) bond motifs is 1. The van der Waals surface area contributed by atoms with Gasteiger partial charge in [0.05, 0.1) is 16.7 Å². The van der Waals surface area contributed by atoms with E-state index in [1.807, 2.05) is 6.07 Å². The van der Waals surface area contributed by atoms with Gasteiger partial charge in [0.25, 0.3) is 11.6 Å². The van der Waals surface area contributed by atoms with E-state index in [9.17, 15) is 19.7 Å². The maximum atomic E-state index is 13.6. The van der Waals surface area contributed by atoms with Crippen molar-refractivity contribution in [1.82, 2.24) is 0 Å². The maximum Gasteiger partial charge on any atom is 0.293 e. The van der Waals surface area contributed by atoms with Crippen molar-refractivity contribution in [3.63, 3.8) is 0 Å². The molecule has 2 aliphatic rings. The normalized spacial score (nSPS) is 22.1. The van der Waals surface area contributed by atoms with Crippen LogP contribution in [0.15, 0.2) is 72.8 Å². The standard InChI is InChI=1S/C23H15Cl2N3O5/c24-13-10-11-15(16(25)12-13)20-19-21(33-27(20)14-6-2-1-3-7-14)23(30)26(22(19)29)17-8-4-5-9-18(17)28(31)32/h1-12,19-21H. The second-order valence-corrected chi connectivity index (χ2v) is 8.43. The second-order valence-electron chi connectivity index (χ2n) is 7.58. The molecule has 33 heavy (non-hydrogen) atoms. The van der Waals surface area contributed by atoms with Crippen LogP contribution in [0.3, 0.4) is 0 Å². The zero-order valence-electron chi connectivity index (χ0n) is 16.8. The number of anilines is 2. The Balaban J connectivity index is 1.63. The van der Waals surface area contributed by atoms with Gasteiger partial charge in [-0.15, -0.1) is 0 Å². The summed E-state index contributed by atoms with van der Waals surface area (Å²) in [6, 6.07) is 18.7. The van der Waals surface area contributed by atoms with E-state index in [4.69, 9.17) is 28.0 Å². The number of imide groups is 1. The van der Waals surface area contributed by atoms with E-state index in [2.05, 4.69) is 0 Å². The summed E-state index contributed by atoms with van der Waals surface area (Å²) in [6.45, 7) is 0. The Kier molecular flexibility index (Phi) is 5.28. The molecule has 0 bridgehead atoms. The zero-order valence-corrected chi connectivity index (χ0v) is 18.3. The molecule has 3 atom stereocenters. The van der Waals surface area contributed by atoms with Crippen LogP contribution in [0.5, 0.6) is 0 Å². The molecular weight excluding hydrogens is 469 g/mol. The largest absolute Gasteiger partial charge is 0.293 e. The van der Waals surface area contributed by atoms with E-state index < -0.39 is 34.8 Å². The number of amides is 2. The third kappa shape index (κ3) is 3.43. The number of carbonyl (C=O) groups excluding carboxylic acids is 2. The number of hydrogen-bond acceptors (Lipinski definition) is 6. The Morgan fingerprint density at radius 2 is 1.61 bits per heavy atom. The lowest BCUT2D eigenvalue weighted by molar-refractivity contribution is -0.384. The summed E-state index contributed by atoms with van der Waals surface area (Å²) in [7, 11) is 0. The van der Waals surface area contributed by atoms with Gasteiger partial charge in [-0.25, -0.2) is 9.96 Å². The number of carbonyl (C=O) groups is 2. The molecule has 5 rings (SSSR count). The van der Waals surface area contributed by atoms with Crippen molar-refractivity contribution in [1.29, 1.82) is 0 Å². The van der Waals surface area contributed by atoms with Gasteiger partial charge in [-0.3, -0.25) is 24.5 Å². The highest BCUT2D eigenvalue weighted by atomic mass is 35.5. The fraction of sp³-hybridized carbons (Fsp3) is 0.130. The molecule has 0 N–H and O–H groups in total. The van der Waals surface area contributed by atoms with Crippen LogP contribution >= 0.6 is 23.2 Å². The number of halogens is 2. The van der Waals surface area contributed by atoms with Gasteiger partial charge >= 0.3 is 0 Å². The average molecular weight is 484 g/mol. The highest BCUT2D eigenvalue weighted by Gasteiger charge is 2.61. The Morgan fingerprint density at radius 3 is 2.30 bits per heavy atom. The van der Waals surface area contributed by atoms with E-state index in [1.54, 1.807) is 42.5 Å². The van der Waals surface area contributed by atoms with Crippen LogP contribution in [0, 0.1) is 16.0 Å². The highest BCUT2D eigenvalue weighted by Crippen LogP contribution is 2.49. The van der Waals surface area contributed by atoms with Crippen LogP contribution in [0.4, 0.5) is 17.1 Å². The molecular formula is C23H15Cl2N3O5. The predicted molar refractivity (Wildman–Crippen MR) is 122 cm³/mol. The fourth-order valence-corrected chi connectivity index (χ4v) is 4.84. The molecule has 0 saturated carbocycles. The Hall–Kier alpha value is -3.46. The minimum absolute atomic E-state index is 0.0947. The molecule has 3 aromatic rings. The molecule has 0 aromatic heterocycles. The summed E-state index contributed by atoms with van der Waals surface area (Å²) in [5.41, 5.74) is 0.728. The first-order chi connectivity index (χ1) is 15.9. The van der Waals surface area contributed by atoms with E-state index in [0.717, 1.165) is 4.90 Å². The van der Waals surface area contributed by atoms with Crippen molar-refractivity contribution >= 4 is 52.1 Å². The Morgan fingerprint density at radius 1 is 0.909 bits per heavy atom. The first-order valence-electron chi connectivity index (χ1n) is 9.95. The van der Waals surface area contributed by atoms with Crippen molar-refractivity contribution in [2.45, 2.75) is 12.1 Å². The molecule has 2 saturated heterocycles. The quantitative estimate of drug-likeness (QED) is 0.296. The van der Waals surface area contributed by atoms with Gasteiger partial charge in [-0.1, -0.05) is 59.6 Å². The summed E-state index contributed by atoms with van der Waals surface area (Å²) in [6.07, 6.45) is -1.17. The number of nitrogens with zero attached hydrogens (tertiary/aromatic N) is 3. The predicted octanol–water partition coefficient (Wildman–Crippen LogP) is 4.95. The number of benzene rings is 3. The van der Waals surface area contributed by atoms with E-state index in [0.29, 0.717) is 21.3 Å². The molecule has 3 aromatic carbocycles. The minimum Gasteiger partial charge on any atom is -0.273 e. The summed E-state index contributed by atoms with van der Waals surface area (Å²) in [5.74, 6) is -2.25. The lowest BCUT2D eigenvalue weighted by Gasteiger charge is -2.29. The SMILES string of the molecule is O=C1C2ON(c3ccccc3)C(c3ccc(Cl)cc3Cl)C2C(=O)N1c1ccccc1[N+](=O)[O-]. The molecule has 0 aliphatic carbocycles. The van der Waals surface area contributed by atoms with Gasteiger partial charge in [0.15, 0.2) is 6.10 Å². The number of para-hydroxylation sites is 3. The molecule has 8 nitrogen and oxygen atoms in total. The summed E-state index contributed by atoms with van der Waals surface area (Å²) in [5, 5.41) is 13.7. The van der Waals surface area contributed by atoms with Crippen LogP contribution in [0.2, 0.25) is 10.0 Å². The summed E-state index contributed by atoms with van der Waals surface area (Å²) < 4.78 is 0. The van der Waals surface area contributed by atoms with E-state index in [-0.39, 0.29) is 11.4 Å². The second kappa shape index (κ2) is 8.15. The third-order valence-electron chi connectivity index (χ3n) is 5.73. The monoisotopic (exact) mass is 483 g/mol. The number of hydroxylamine groups is 1. The topological polar surface area (TPSA) is 93.0 Å². The van der Waals surface area contributed by atoms with Gasteiger partial charge in [0.1, 0.15) is 11.6 Å². The smallest absolute Gasteiger partial charge is 0.273 e. The lowest BCUT2D eigenvalue weighted by atomic mass is 9.90.